The number of rotatable bonds is 4. The summed E-state index contributed by atoms with van der Waals surface area (Å²) in [4.78, 5) is 12.3. The van der Waals surface area contributed by atoms with Gasteiger partial charge in [0.1, 0.15) is 6.10 Å². The molecule has 13 heavy (non-hydrogen) atoms. The predicted molar refractivity (Wildman–Crippen MR) is 54.7 cm³/mol. The Bertz CT molecular complexity index is 292. The van der Waals surface area contributed by atoms with Gasteiger partial charge < -0.3 is 4.74 Å². The molecule has 0 spiro atoms. The van der Waals surface area contributed by atoms with Crippen LogP contribution >= 0.6 is 22.9 Å². The molecule has 0 aliphatic rings. The molecule has 0 bridgehead atoms. The molecule has 0 aliphatic heterocycles. The molecular formula is C9H11ClO2S. The van der Waals surface area contributed by atoms with E-state index in [1.165, 1.54) is 18.4 Å². The number of ether oxygens (including phenoxy) is 1. The van der Waals surface area contributed by atoms with Crippen LogP contribution in [0.5, 0.6) is 0 Å². The average molecular weight is 219 g/mol. The zero-order chi connectivity index (χ0) is 9.84. The van der Waals surface area contributed by atoms with Crippen molar-refractivity contribution in [2.75, 3.05) is 7.11 Å². The molecule has 0 aliphatic carbocycles. The first kappa shape index (κ1) is 10.7. The van der Waals surface area contributed by atoms with Gasteiger partial charge in [0.15, 0.2) is 0 Å². The number of Topliss-reactive ketones (excluding diaryl/α,β-unsaturated/α-hetero) is 1. The Kier molecular flexibility index (Phi) is 3.90. The minimum Gasteiger partial charge on any atom is -0.373 e. The lowest BCUT2D eigenvalue weighted by Gasteiger charge is -2.09. The SMILES string of the molecule is CCC(OC)C(=O)c1sccc1Cl. The second-order valence-corrected chi connectivity index (χ2v) is 3.92. The van der Waals surface area contributed by atoms with Gasteiger partial charge in [0.2, 0.25) is 5.78 Å². The van der Waals surface area contributed by atoms with Gasteiger partial charge in [0.05, 0.1) is 9.90 Å². The van der Waals surface area contributed by atoms with Crippen LogP contribution < -0.4 is 0 Å². The molecule has 0 saturated heterocycles. The highest BCUT2D eigenvalue weighted by molar-refractivity contribution is 7.12. The molecule has 1 aromatic rings. The highest BCUT2D eigenvalue weighted by atomic mass is 35.5. The van der Waals surface area contributed by atoms with Gasteiger partial charge in [0, 0.05) is 7.11 Å². The zero-order valence-electron chi connectivity index (χ0n) is 7.54. The van der Waals surface area contributed by atoms with Gasteiger partial charge in [-0.2, -0.15) is 0 Å². The third-order valence-electron chi connectivity index (χ3n) is 1.79. The van der Waals surface area contributed by atoms with E-state index in [1.54, 1.807) is 11.4 Å². The number of methoxy groups -OCH3 is 1. The van der Waals surface area contributed by atoms with Crippen molar-refractivity contribution in [2.24, 2.45) is 0 Å². The molecule has 0 aromatic carbocycles. The van der Waals surface area contributed by atoms with Crippen molar-refractivity contribution >= 4 is 28.7 Å². The van der Waals surface area contributed by atoms with Gasteiger partial charge in [-0.15, -0.1) is 11.3 Å². The van der Waals surface area contributed by atoms with Crippen LogP contribution in [0.4, 0.5) is 0 Å². The summed E-state index contributed by atoms with van der Waals surface area (Å²) in [6.07, 6.45) is 0.306. The van der Waals surface area contributed by atoms with Crippen LogP contribution in [0, 0.1) is 0 Å². The molecule has 2 nitrogen and oxygen atoms in total. The third kappa shape index (κ3) is 2.30. The van der Waals surface area contributed by atoms with Crippen LogP contribution in [-0.2, 0) is 4.74 Å². The molecule has 1 unspecified atom stereocenters. The number of carbonyl (C=O) groups excluding carboxylic acids is 1. The van der Waals surface area contributed by atoms with Crippen LogP contribution in [0.2, 0.25) is 5.02 Å². The van der Waals surface area contributed by atoms with Gasteiger partial charge >= 0.3 is 0 Å². The lowest BCUT2D eigenvalue weighted by molar-refractivity contribution is 0.0600. The molecule has 0 radical (unpaired) electrons. The van der Waals surface area contributed by atoms with E-state index in [2.05, 4.69) is 0 Å². The van der Waals surface area contributed by atoms with E-state index in [0.29, 0.717) is 16.3 Å². The predicted octanol–water partition coefficient (Wildman–Crippen LogP) is 3.01. The number of carbonyl (C=O) groups is 1. The Morgan fingerprint density at radius 1 is 1.77 bits per heavy atom. The number of halogens is 1. The molecule has 0 amide bonds. The van der Waals surface area contributed by atoms with Crippen LogP contribution in [0.3, 0.4) is 0 Å². The quantitative estimate of drug-likeness (QED) is 0.727. The van der Waals surface area contributed by atoms with Crippen LogP contribution in [0.15, 0.2) is 11.4 Å². The van der Waals surface area contributed by atoms with E-state index in [0.717, 1.165) is 0 Å². The molecule has 1 aromatic heterocycles. The average Bonchev–Trinajstić information content (AvgIpc) is 2.53. The topological polar surface area (TPSA) is 26.3 Å². The van der Waals surface area contributed by atoms with E-state index in [1.807, 2.05) is 6.92 Å². The van der Waals surface area contributed by atoms with Gasteiger partial charge in [-0.3, -0.25) is 4.79 Å². The summed E-state index contributed by atoms with van der Waals surface area (Å²) >= 11 is 7.18. The second-order valence-electron chi connectivity index (χ2n) is 2.59. The van der Waals surface area contributed by atoms with E-state index in [9.17, 15) is 4.79 Å². The van der Waals surface area contributed by atoms with Crippen molar-refractivity contribution in [3.63, 3.8) is 0 Å². The lowest BCUT2D eigenvalue weighted by atomic mass is 10.1. The molecular weight excluding hydrogens is 208 g/mol. The van der Waals surface area contributed by atoms with Crippen molar-refractivity contribution < 1.29 is 9.53 Å². The molecule has 1 heterocycles. The Morgan fingerprint density at radius 2 is 2.46 bits per heavy atom. The summed E-state index contributed by atoms with van der Waals surface area (Å²) < 4.78 is 5.04. The molecule has 4 heteroatoms. The van der Waals surface area contributed by atoms with Crippen molar-refractivity contribution in [3.05, 3.63) is 21.3 Å². The maximum Gasteiger partial charge on any atom is 0.202 e. The molecule has 1 atom stereocenters. The summed E-state index contributed by atoms with van der Waals surface area (Å²) in [5.41, 5.74) is 0. The van der Waals surface area contributed by atoms with Crippen LogP contribution in [0.25, 0.3) is 0 Å². The Hall–Kier alpha value is -0.380. The summed E-state index contributed by atoms with van der Waals surface area (Å²) in [7, 11) is 1.54. The Labute approximate surface area is 86.5 Å². The number of hydrogen-bond donors (Lipinski definition) is 0. The molecule has 72 valence electrons. The minimum absolute atomic E-state index is 0.0231. The Balaban J connectivity index is 2.84. The fraction of sp³-hybridized carbons (Fsp3) is 0.444. The summed E-state index contributed by atoms with van der Waals surface area (Å²) in [6, 6.07) is 1.72. The fourth-order valence-electron chi connectivity index (χ4n) is 1.07. The number of hydrogen-bond acceptors (Lipinski definition) is 3. The zero-order valence-corrected chi connectivity index (χ0v) is 9.11. The summed E-state index contributed by atoms with van der Waals surface area (Å²) in [5.74, 6) is -0.0231. The van der Waals surface area contributed by atoms with Gasteiger partial charge in [-0.1, -0.05) is 18.5 Å². The van der Waals surface area contributed by atoms with Crippen LogP contribution in [0.1, 0.15) is 23.0 Å². The lowest BCUT2D eigenvalue weighted by Crippen LogP contribution is -2.21. The fourth-order valence-corrected chi connectivity index (χ4v) is 2.21. The normalized spacial score (nSPS) is 12.8. The molecule has 0 N–H and O–H groups in total. The van der Waals surface area contributed by atoms with Crippen molar-refractivity contribution in [1.82, 2.24) is 0 Å². The van der Waals surface area contributed by atoms with Crippen molar-refractivity contribution in [1.29, 1.82) is 0 Å². The first-order chi connectivity index (χ1) is 6.20. The molecule has 1 rings (SSSR count). The number of thiophene rings is 1. The Morgan fingerprint density at radius 3 is 2.85 bits per heavy atom. The first-order valence-corrected chi connectivity index (χ1v) is 5.26. The maximum atomic E-state index is 11.7. The highest BCUT2D eigenvalue weighted by Gasteiger charge is 2.20. The summed E-state index contributed by atoms with van der Waals surface area (Å²) in [6.45, 7) is 1.91. The van der Waals surface area contributed by atoms with Gasteiger partial charge in [-0.05, 0) is 17.9 Å². The first-order valence-electron chi connectivity index (χ1n) is 4.00. The summed E-state index contributed by atoms with van der Waals surface area (Å²) in [5, 5.41) is 2.32. The smallest absolute Gasteiger partial charge is 0.202 e. The highest BCUT2D eigenvalue weighted by Crippen LogP contribution is 2.24. The van der Waals surface area contributed by atoms with E-state index in [4.69, 9.17) is 16.3 Å². The molecule has 0 saturated carbocycles. The maximum absolute atomic E-state index is 11.7. The molecule has 0 fully saturated rings. The van der Waals surface area contributed by atoms with Crippen molar-refractivity contribution in [3.8, 4) is 0 Å². The van der Waals surface area contributed by atoms with E-state index < -0.39 is 0 Å². The third-order valence-corrected chi connectivity index (χ3v) is 3.14. The van der Waals surface area contributed by atoms with Gasteiger partial charge in [-0.25, -0.2) is 0 Å². The second kappa shape index (κ2) is 4.74. The minimum atomic E-state index is -0.365. The van der Waals surface area contributed by atoms with Crippen molar-refractivity contribution in [2.45, 2.75) is 19.4 Å². The van der Waals surface area contributed by atoms with E-state index >= 15 is 0 Å². The van der Waals surface area contributed by atoms with E-state index in [-0.39, 0.29) is 11.9 Å². The monoisotopic (exact) mass is 218 g/mol. The standard InChI is InChI=1S/C9H11ClO2S/c1-3-7(12-2)8(11)9-6(10)4-5-13-9/h4-5,7H,3H2,1-2H3. The van der Waals surface area contributed by atoms with Gasteiger partial charge in [0.25, 0.3) is 0 Å². The number of ketones is 1. The largest absolute Gasteiger partial charge is 0.373 e. The van der Waals surface area contributed by atoms with Crippen LogP contribution in [-0.4, -0.2) is 19.0 Å².